The third kappa shape index (κ3) is 3.80. The molecule has 1 nitrogen and oxygen atoms in total. The minimum absolute atomic E-state index is 0.207. The summed E-state index contributed by atoms with van der Waals surface area (Å²) in [5.74, 6) is 0.399. The van der Waals surface area contributed by atoms with Gasteiger partial charge in [-0.25, -0.2) is 4.39 Å². The van der Waals surface area contributed by atoms with Crippen molar-refractivity contribution in [2.24, 2.45) is 11.8 Å². The maximum atomic E-state index is 13.7. The van der Waals surface area contributed by atoms with Crippen LogP contribution in [-0.4, -0.2) is 11.2 Å². The van der Waals surface area contributed by atoms with Crippen molar-refractivity contribution >= 4 is 11.6 Å². The summed E-state index contributed by atoms with van der Waals surface area (Å²) in [6.07, 6.45) is 3.92. The molecule has 1 aromatic carbocycles. The Kier molecular flexibility index (Phi) is 4.64. The first-order chi connectivity index (χ1) is 8.95. The van der Waals surface area contributed by atoms with Gasteiger partial charge in [-0.05, 0) is 55.4 Å². The normalized spacial score (nSPS) is 25.0. The van der Waals surface area contributed by atoms with Crippen LogP contribution >= 0.6 is 11.6 Å². The van der Waals surface area contributed by atoms with Crippen LogP contribution in [0.2, 0.25) is 5.02 Å². The van der Waals surface area contributed by atoms with Crippen LogP contribution in [0, 0.1) is 17.7 Å². The standard InChI is InChI=1S/C16H20ClFO/c1-10-5-11(2)7-13(6-10)16(19)9-12-8-14(17)3-4-15(12)18/h3-5,8,10,13,16,19H,6-7,9H2,1-2H3. The second-order valence-corrected chi connectivity index (χ2v) is 6.13. The summed E-state index contributed by atoms with van der Waals surface area (Å²) in [5, 5.41) is 10.9. The first-order valence-electron chi connectivity index (χ1n) is 6.75. The van der Waals surface area contributed by atoms with Gasteiger partial charge in [0.15, 0.2) is 0 Å². The Morgan fingerprint density at radius 3 is 2.89 bits per heavy atom. The molecule has 3 unspecified atom stereocenters. The first-order valence-corrected chi connectivity index (χ1v) is 7.12. The van der Waals surface area contributed by atoms with Gasteiger partial charge in [0.05, 0.1) is 6.10 Å². The van der Waals surface area contributed by atoms with Gasteiger partial charge in [0, 0.05) is 11.4 Å². The highest BCUT2D eigenvalue weighted by Crippen LogP contribution is 2.31. The smallest absolute Gasteiger partial charge is 0.126 e. The summed E-state index contributed by atoms with van der Waals surface area (Å²) in [6.45, 7) is 4.25. The monoisotopic (exact) mass is 282 g/mol. The van der Waals surface area contributed by atoms with Crippen LogP contribution < -0.4 is 0 Å². The zero-order valence-electron chi connectivity index (χ0n) is 11.4. The van der Waals surface area contributed by atoms with E-state index in [9.17, 15) is 9.50 Å². The SMILES string of the molecule is CC1=CC(C)CC(C(O)Cc2cc(Cl)ccc2F)C1. The molecule has 19 heavy (non-hydrogen) atoms. The van der Waals surface area contributed by atoms with Gasteiger partial charge in [0.2, 0.25) is 0 Å². The van der Waals surface area contributed by atoms with Crippen LogP contribution in [0.1, 0.15) is 32.3 Å². The van der Waals surface area contributed by atoms with Crippen LogP contribution in [0.3, 0.4) is 0 Å². The molecule has 0 heterocycles. The lowest BCUT2D eigenvalue weighted by Crippen LogP contribution is -2.27. The van der Waals surface area contributed by atoms with Gasteiger partial charge in [-0.1, -0.05) is 30.2 Å². The maximum absolute atomic E-state index is 13.7. The molecule has 0 aliphatic heterocycles. The molecule has 0 amide bonds. The van der Waals surface area contributed by atoms with E-state index in [1.807, 2.05) is 0 Å². The quantitative estimate of drug-likeness (QED) is 0.816. The third-order valence-corrected chi connectivity index (χ3v) is 4.04. The number of halogens is 2. The van der Waals surface area contributed by atoms with Crippen molar-refractivity contribution in [3.8, 4) is 0 Å². The summed E-state index contributed by atoms with van der Waals surface area (Å²) in [7, 11) is 0. The molecule has 1 N–H and O–H groups in total. The highest BCUT2D eigenvalue weighted by Gasteiger charge is 2.25. The predicted octanol–water partition coefficient (Wildman–Crippen LogP) is 4.37. The Balaban J connectivity index is 2.07. The van der Waals surface area contributed by atoms with Crippen LogP contribution in [0.5, 0.6) is 0 Å². The van der Waals surface area contributed by atoms with E-state index in [0.717, 1.165) is 12.8 Å². The zero-order chi connectivity index (χ0) is 14.0. The highest BCUT2D eigenvalue weighted by atomic mass is 35.5. The van der Waals surface area contributed by atoms with Crippen LogP contribution in [-0.2, 0) is 6.42 Å². The summed E-state index contributed by atoms with van der Waals surface area (Å²) < 4.78 is 13.7. The summed E-state index contributed by atoms with van der Waals surface area (Å²) >= 11 is 5.87. The Hall–Kier alpha value is -0.860. The largest absolute Gasteiger partial charge is 0.392 e. The molecule has 2 rings (SSSR count). The third-order valence-electron chi connectivity index (χ3n) is 3.81. The molecular weight excluding hydrogens is 263 g/mol. The molecule has 1 aliphatic rings. The van der Waals surface area contributed by atoms with E-state index in [1.54, 1.807) is 6.07 Å². The second-order valence-electron chi connectivity index (χ2n) is 5.70. The van der Waals surface area contributed by atoms with Gasteiger partial charge >= 0.3 is 0 Å². The average Bonchev–Trinajstić information content (AvgIpc) is 2.32. The summed E-state index contributed by atoms with van der Waals surface area (Å²) in [4.78, 5) is 0. The van der Waals surface area contributed by atoms with Crippen molar-refractivity contribution in [1.82, 2.24) is 0 Å². The number of hydrogen-bond acceptors (Lipinski definition) is 1. The molecule has 0 radical (unpaired) electrons. The lowest BCUT2D eigenvalue weighted by molar-refractivity contribution is 0.0924. The predicted molar refractivity (Wildman–Crippen MR) is 76.8 cm³/mol. The molecule has 0 fully saturated rings. The molecule has 3 atom stereocenters. The minimum Gasteiger partial charge on any atom is -0.392 e. The molecule has 0 spiro atoms. The summed E-state index contributed by atoms with van der Waals surface area (Å²) in [5.41, 5.74) is 1.81. The number of hydrogen-bond donors (Lipinski definition) is 1. The summed E-state index contributed by atoms with van der Waals surface area (Å²) in [6, 6.07) is 4.50. The van der Waals surface area contributed by atoms with E-state index < -0.39 is 6.10 Å². The van der Waals surface area contributed by atoms with E-state index in [1.165, 1.54) is 17.7 Å². The van der Waals surface area contributed by atoms with Gasteiger partial charge in [-0.3, -0.25) is 0 Å². The second kappa shape index (κ2) is 6.06. The van der Waals surface area contributed by atoms with E-state index in [2.05, 4.69) is 19.9 Å². The topological polar surface area (TPSA) is 20.2 Å². The Bertz CT molecular complexity index is 484. The van der Waals surface area contributed by atoms with Crippen molar-refractivity contribution in [3.63, 3.8) is 0 Å². The fourth-order valence-corrected chi connectivity index (χ4v) is 3.18. The number of allylic oxidation sites excluding steroid dienone is 2. The minimum atomic E-state index is -0.515. The molecule has 0 bridgehead atoms. The van der Waals surface area contributed by atoms with Crippen LogP contribution in [0.15, 0.2) is 29.8 Å². The van der Waals surface area contributed by atoms with Crippen LogP contribution in [0.4, 0.5) is 4.39 Å². The molecule has 104 valence electrons. The van der Waals surface area contributed by atoms with Gasteiger partial charge in [0.25, 0.3) is 0 Å². The Morgan fingerprint density at radius 2 is 2.21 bits per heavy atom. The van der Waals surface area contributed by atoms with E-state index in [0.29, 0.717) is 22.9 Å². The molecule has 0 saturated carbocycles. The molecular formula is C16H20ClFO. The lowest BCUT2D eigenvalue weighted by atomic mass is 9.79. The lowest BCUT2D eigenvalue weighted by Gasteiger charge is -2.29. The molecule has 0 saturated heterocycles. The van der Waals surface area contributed by atoms with E-state index in [4.69, 9.17) is 11.6 Å². The van der Waals surface area contributed by atoms with Gasteiger partial charge in [0.1, 0.15) is 5.82 Å². The van der Waals surface area contributed by atoms with Gasteiger partial charge in [-0.15, -0.1) is 0 Å². The number of rotatable bonds is 3. The number of aliphatic hydroxyl groups excluding tert-OH is 1. The maximum Gasteiger partial charge on any atom is 0.126 e. The van der Waals surface area contributed by atoms with Crippen molar-refractivity contribution in [1.29, 1.82) is 0 Å². The van der Waals surface area contributed by atoms with Crippen molar-refractivity contribution in [3.05, 3.63) is 46.3 Å². The molecule has 1 aliphatic carbocycles. The van der Waals surface area contributed by atoms with Crippen molar-refractivity contribution < 1.29 is 9.50 Å². The van der Waals surface area contributed by atoms with E-state index in [-0.39, 0.29) is 11.7 Å². The molecule has 0 aromatic heterocycles. The fourth-order valence-electron chi connectivity index (χ4n) is 2.98. The first kappa shape index (κ1) is 14.5. The highest BCUT2D eigenvalue weighted by molar-refractivity contribution is 6.30. The Labute approximate surface area is 119 Å². The van der Waals surface area contributed by atoms with Gasteiger partial charge in [-0.2, -0.15) is 0 Å². The van der Waals surface area contributed by atoms with Crippen molar-refractivity contribution in [2.75, 3.05) is 0 Å². The van der Waals surface area contributed by atoms with Crippen molar-refractivity contribution in [2.45, 2.75) is 39.2 Å². The molecule has 1 aromatic rings. The number of aliphatic hydroxyl groups is 1. The Morgan fingerprint density at radius 1 is 1.47 bits per heavy atom. The molecule has 3 heteroatoms. The van der Waals surface area contributed by atoms with E-state index >= 15 is 0 Å². The van der Waals surface area contributed by atoms with Gasteiger partial charge < -0.3 is 5.11 Å². The number of benzene rings is 1. The average molecular weight is 283 g/mol. The zero-order valence-corrected chi connectivity index (χ0v) is 12.1. The fraction of sp³-hybridized carbons (Fsp3) is 0.500. The van der Waals surface area contributed by atoms with Crippen LogP contribution in [0.25, 0.3) is 0 Å².